The maximum absolute atomic E-state index is 6.19. The molecule has 1 aromatic rings. The molecule has 2 bridgehead atoms. The highest BCUT2D eigenvalue weighted by molar-refractivity contribution is 5.33. The summed E-state index contributed by atoms with van der Waals surface area (Å²) < 4.78 is 11.6. The molecule has 144 valence electrons. The monoisotopic (exact) mass is 359 g/mol. The highest BCUT2D eigenvalue weighted by Gasteiger charge is 2.33. The lowest BCUT2D eigenvalue weighted by molar-refractivity contribution is 0.0321. The van der Waals surface area contributed by atoms with Crippen LogP contribution in [-0.2, 0) is 11.3 Å². The van der Waals surface area contributed by atoms with E-state index < -0.39 is 0 Å². The van der Waals surface area contributed by atoms with Crippen LogP contribution in [0.25, 0.3) is 0 Å². The summed E-state index contributed by atoms with van der Waals surface area (Å²) in [6, 6.07) is 9.31. The molecule has 4 fully saturated rings. The molecule has 0 aliphatic carbocycles. The van der Waals surface area contributed by atoms with Crippen LogP contribution in [0, 0.1) is 5.92 Å². The highest BCUT2D eigenvalue weighted by Crippen LogP contribution is 2.30. The van der Waals surface area contributed by atoms with Crippen LogP contribution >= 0.6 is 0 Å². The first-order valence-electron chi connectivity index (χ1n) is 10.2. The zero-order chi connectivity index (χ0) is 17.8. The van der Waals surface area contributed by atoms with Crippen molar-refractivity contribution in [1.29, 1.82) is 0 Å². The van der Waals surface area contributed by atoms with Gasteiger partial charge < -0.3 is 14.4 Å². The van der Waals surface area contributed by atoms with E-state index in [2.05, 4.69) is 46.0 Å². The maximum atomic E-state index is 6.19. The van der Waals surface area contributed by atoms with E-state index in [1.165, 1.54) is 38.0 Å². The molecule has 4 saturated heterocycles. The van der Waals surface area contributed by atoms with Crippen molar-refractivity contribution >= 4 is 0 Å². The molecule has 26 heavy (non-hydrogen) atoms. The first-order valence-corrected chi connectivity index (χ1v) is 10.2. The number of hydrogen-bond donors (Lipinski definition) is 0. The topological polar surface area (TPSA) is 28.2 Å². The third-order valence-electron chi connectivity index (χ3n) is 6.12. The van der Waals surface area contributed by atoms with Gasteiger partial charge in [-0.15, -0.1) is 0 Å². The molecule has 5 heteroatoms. The summed E-state index contributed by atoms with van der Waals surface area (Å²) in [5, 5.41) is 0. The molecule has 4 aliphatic rings. The van der Waals surface area contributed by atoms with E-state index in [4.69, 9.17) is 9.47 Å². The number of nitrogens with zero attached hydrogens (tertiary/aromatic N) is 3. The lowest BCUT2D eigenvalue weighted by atomic mass is 9.94. The highest BCUT2D eigenvalue weighted by atomic mass is 16.5. The number of piperidine rings is 1. The normalized spacial score (nSPS) is 28.2. The maximum Gasteiger partial charge on any atom is 0.123 e. The molecule has 5 nitrogen and oxygen atoms in total. The summed E-state index contributed by atoms with van der Waals surface area (Å²) in [6.45, 7) is 10.2. The van der Waals surface area contributed by atoms with E-state index in [0.717, 1.165) is 57.7 Å². The summed E-state index contributed by atoms with van der Waals surface area (Å²) in [5.41, 5.74) is 1.34. The van der Waals surface area contributed by atoms with Crippen molar-refractivity contribution in [2.75, 3.05) is 66.1 Å². The zero-order valence-electron chi connectivity index (χ0n) is 16.1. The Balaban J connectivity index is 1.35. The van der Waals surface area contributed by atoms with Gasteiger partial charge in [-0.25, -0.2) is 0 Å². The van der Waals surface area contributed by atoms with Gasteiger partial charge in [0.2, 0.25) is 0 Å². The Hall–Kier alpha value is -1.14. The molecule has 0 unspecified atom stereocenters. The molecule has 0 spiro atoms. The van der Waals surface area contributed by atoms with E-state index in [9.17, 15) is 0 Å². The molecule has 1 aromatic carbocycles. The summed E-state index contributed by atoms with van der Waals surface area (Å²) in [5.74, 6) is 1.89. The van der Waals surface area contributed by atoms with Crippen LogP contribution in [0.1, 0.15) is 18.4 Å². The van der Waals surface area contributed by atoms with Crippen molar-refractivity contribution in [2.45, 2.75) is 25.4 Å². The lowest BCUT2D eigenvalue weighted by Crippen LogP contribution is -2.43. The number of fused-ring (bicyclic) bond motifs is 4. The SMILES string of the molecule is CN1C[C@H]2CC[C@@H](C1)N(Cc1ccccc1OCCN1CCOCC1)C2. The van der Waals surface area contributed by atoms with Gasteiger partial charge in [0, 0.05) is 57.4 Å². The van der Waals surface area contributed by atoms with Crippen LogP contribution in [0.5, 0.6) is 5.75 Å². The summed E-state index contributed by atoms with van der Waals surface area (Å²) in [7, 11) is 2.28. The van der Waals surface area contributed by atoms with Gasteiger partial charge in [0.15, 0.2) is 0 Å². The lowest BCUT2D eigenvalue weighted by Gasteiger charge is -2.36. The zero-order valence-corrected chi connectivity index (χ0v) is 16.1. The molecule has 5 rings (SSSR count). The van der Waals surface area contributed by atoms with Crippen LogP contribution in [-0.4, -0.2) is 86.9 Å². The Bertz CT molecular complexity index is 576. The minimum absolute atomic E-state index is 0.695. The minimum Gasteiger partial charge on any atom is -0.492 e. The Morgan fingerprint density at radius 3 is 2.81 bits per heavy atom. The van der Waals surface area contributed by atoms with E-state index in [1.807, 2.05) is 0 Å². The van der Waals surface area contributed by atoms with E-state index >= 15 is 0 Å². The van der Waals surface area contributed by atoms with Crippen molar-refractivity contribution in [1.82, 2.24) is 14.7 Å². The predicted octanol–water partition coefficient (Wildman–Crippen LogP) is 1.92. The van der Waals surface area contributed by atoms with Crippen molar-refractivity contribution in [3.05, 3.63) is 29.8 Å². The van der Waals surface area contributed by atoms with Crippen LogP contribution < -0.4 is 4.74 Å². The minimum atomic E-state index is 0.695. The fraction of sp³-hybridized carbons (Fsp3) is 0.714. The first-order chi connectivity index (χ1) is 12.8. The Labute approximate surface area is 157 Å². The molecule has 0 N–H and O–H groups in total. The van der Waals surface area contributed by atoms with Crippen LogP contribution in [0.4, 0.5) is 0 Å². The second-order valence-corrected chi connectivity index (χ2v) is 8.16. The van der Waals surface area contributed by atoms with Gasteiger partial charge in [-0.2, -0.15) is 0 Å². The Morgan fingerprint density at radius 1 is 1.08 bits per heavy atom. The van der Waals surface area contributed by atoms with Crippen LogP contribution in [0.15, 0.2) is 24.3 Å². The number of morpholine rings is 1. The molecular formula is C21H33N3O2. The molecule has 4 heterocycles. The van der Waals surface area contributed by atoms with E-state index in [1.54, 1.807) is 0 Å². The number of para-hydroxylation sites is 1. The predicted molar refractivity (Wildman–Crippen MR) is 104 cm³/mol. The number of ether oxygens (including phenoxy) is 2. The quantitative estimate of drug-likeness (QED) is 0.774. The molecule has 0 saturated carbocycles. The van der Waals surface area contributed by atoms with Crippen molar-refractivity contribution in [3.63, 3.8) is 0 Å². The molecule has 0 radical (unpaired) electrons. The van der Waals surface area contributed by atoms with Gasteiger partial charge >= 0.3 is 0 Å². The summed E-state index contributed by atoms with van der Waals surface area (Å²) in [6.07, 6.45) is 2.73. The van der Waals surface area contributed by atoms with Crippen molar-refractivity contribution < 1.29 is 9.47 Å². The van der Waals surface area contributed by atoms with Gasteiger partial charge in [-0.1, -0.05) is 18.2 Å². The van der Waals surface area contributed by atoms with Gasteiger partial charge in [-0.3, -0.25) is 9.80 Å². The second-order valence-electron chi connectivity index (χ2n) is 8.16. The van der Waals surface area contributed by atoms with Gasteiger partial charge in [-0.05, 0) is 31.9 Å². The first kappa shape index (κ1) is 18.2. The fourth-order valence-electron chi connectivity index (χ4n) is 4.71. The summed E-state index contributed by atoms with van der Waals surface area (Å²) in [4.78, 5) is 7.64. The molecule has 0 amide bonds. The number of benzene rings is 1. The average Bonchev–Trinajstić information content (AvgIpc) is 2.93. The fourth-order valence-corrected chi connectivity index (χ4v) is 4.71. The number of likely N-dealkylation sites (N-methyl/N-ethyl adjacent to an activating group) is 1. The summed E-state index contributed by atoms with van der Waals surface area (Å²) >= 11 is 0. The number of rotatable bonds is 6. The van der Waals surface area contributed by atoms with Crippen molar-refractivity contribution in [2.24, 2.45) is 5.92 Å². The third kappa shape index (κ3) is 4.58. The molecule has 4 aliphatic heterocycles. The Kier molecular flexibility index (Phi) is 6.10. The van der Waals surface area contributed by atoms with Crippen LogP contribution in [0.2, 0.25) is 0 Å². The van der Waals surface area contributed by atoms with Crippen LogP contribution in [0.3, 0.4) is 0 Å². The standard InChI is InChI=1S/C21H33N3O2/c1-22-14-18-6-7-20(17-22)24(15-18)16-19-4-2-3-5-21(19)26-13-10-23-8-11-25-12-9-23/h2-5,18,20H,6-17H2,1H3/t18-,20+/m1/s1. The van der Waals surface area contributed by atoms with Gasteiger partial charge in [0.05, 0.1) is 13.2 Å². The number of hydrogen-bond acceptors (Lipinski definition) is 5. The van der Waals surface area contributed by atoms with Gasteiger partial charge in [0.1, 0.15) is 12.4 Å². The smallest absolute Gasteiger partial charge is 0.123 e. The Morgan fingerprint density at radius 2 is 1.92 bits per heavy atom. The van der Waals surface area contributed by atoms with E-state index in [-0.39, 0.29) is 0 Å². The second kappa shape index (κ2) is 8.70. The third-order valence-corrected chi connectivity index (χ3v) is 6.12. The van der Waals surface area contributed by atoms with Crippen molar-refractivity contribution in [3.8, 4) is 5.75 Å². The molecule has 2 atom stereocenters. The average molecular weight is 360 g/mol. The van der Waals surface area contributed by atoms with Gasteiger partial charge in [0.25, 0.3) is 0 Å². The molecular weight excluding hydrogens is 326 g/mol. The van der Waals surface area contributed by atoms with E-state index in [0.29, 0.717) is 6.04 Å². The largest absolute Gasteiger partial charge is 0.492 e. The molecule has 0 aromatic heterocycles.